The van der Waals surface area contributed by atoms with E-state index in [0.717, 1.165) is 22.3 Å². The molecule has 0 fully saturated rings. The third-order valence-electron chi connectivity index (χ3n) is 6.45. The standard InChI is InChI=1S/C32H48N2O2.2ClH.H2O.Zr/c1-29(2,3)23-15-21(27(35)25(17-23)31(7,8)9)19-33-13-14-34-20-22-16-24(30(4,5)6)18-26(28(22)36)32(10,11)12;;;;/h15-20,35-36H,13-14H2,1-12H3;2*1H;1H2;/q;;;;+2/p-1. The van der Waals surface area contributed by atoms with Gasteiger partial charge in [-0.25, -0.2) is 0 Å². The molecule has 5 nitrogen and oxygen atoms in total. The molecule has 2 aromatic carbocycles. The summed E-state index contributed by atoms with van der Waals surface area (Å²) < 4.78 is 0. The fraction of sp³-hybridized carbons (Fsp3) is 0.562. The minimum Gasteiger partial charge on any atom is -0.457 e. The van der Waals surface area contributed by atoms with E-state index in [0.29, 0.717) is 24.6 Å². The summed E-state index contributed by atoms with van der Waals surface area (Å²) in [6, 6.07) is 8.28. The maximum Gasteiger partial charge on any atom is -0.457 e. The molecule has 40 heavy (non-hydrogen) atoms. The van der Waals surface area contributed by atoms with Crippen molar-refractivity contribution in [1.29, 1.82) is 0 Å². The number of halogens is 2. The second-order valence-electron chi connectivity index (χ2n) is 14.1. The zero-order chi connectivity index (χ0) is 30.4. The fourth-order valence-corrected chi connectivity index (χ4v) is 3.96. The maximum absolute atomic E-state index is 10.9. The number of aromatic hydroxyl groups is 2. The fourth-order valence-electron chi connectivity index (χ4n) is 3.96. The molecule has 0 atom stereocenters. The van der Waals surface area contributed by atoms with Crippen LogP contribution in [-0.4, -0.2) is 35.7 Å². The summed E-state index contributed by atoms with van der Waals surface area (Å²) in [5.74, 6) is 0.586. The van der Waals surface area contributed by atoms with E-state index in [1.807, 2.05) is 12.1 Å². The van der Waals surface area contributed by atoms with Gasteiger partial charge in [-0.15, -0.1) is 0 Å². The molecular weight excluding hydrogens is 622 g/mol. The van der Waals surface area contributed by atoms with Crippen LogP contribution in [0.1, 0.15) is 116 Å². The molecule has 8 heteroatoms. The molecule has 2 rings (SSSR count). The van der Waals surface area contributed by atoms with Crippen molar-refractivity contribution in [3.05, 3.63) is 57.6 Å². The molecule has 0 spiro atoms. The zero-order valence-corrected chi connectivity index (χ0v) is 30.5. The normalized spacial score (nSPS) is 12.8. The monoisotopic (exact) mass is 671 g/mol. The Hall–Kier alpha value is -1.20. The largest absolute Gasteiger partial charge is 0.457 e. The smallest absolute Gasteiger partial charge is 0.457 e. The van der Waals surface area contributed by atoms with E-state index >= 15 is 0 Å². The van der Waals surface area contributed by atoms with Crippen molar-refractivity contribution in [2.24, 2.45) is 9.98 Å². The first-order valence-electron chi connectivity index (χ1n) is 13.4. The molecule has 0 heterocycles. The van der Waals surface area contributed by atoms with Crippen LogP contribution in [0.5, 0.6) is 11.5 Å². The predicted molar refractivity (Wildman–Crippen MR) is 173 cm³/mol. The molecule has 0 aliphatic carbocycles. The molecule has 0 saturated carbocycles. The van der Waals surface area contributed by atoms with Gasteiger partial charge < -0.3 is 15.7 Å². The first-order chi connectivity index (χ1) is 17.6. The summed E-state index contributed by atoms with van der Waals surface area (Å²) in [4.78, 5) is 9.11. The Morgan fingerprint density at radius 1 is 0.600 bits per heavy atom. The molecule has 0 aliphatic rings. The van der Waals surface area contributed by atoms with Crippen LogP contribution in [0.25, 0.3) is 0 Å². The summed E-state index contributed by atoms with van der Waals surface area (Å²) >= 11 is -0.826. The van der Waals surface area contributed by atoms with Gasteiger partial charge in [0, 0.05) is 34.7 Å². The first kappa shape index (κ1) is 38.8. The number of rotatable bonds is 5. The van der Waals surface area contributed by atoms with Crippen LogP contribution < -0.4 is 0 Å². The quantitative estimate of drug-likeness (QED) is 0.190. The predicted octanol–water partition coefficient (Wildman–Crippen LogP) is 8.28. The molecule has 0 amide bonds. The molecule has 0 aliphatic heterocycles. The van der Waals surface area contributed by atoms with Gasteiger partial charge in [0.2, 0.25) is 0 Å². The number of nitrogens with zero attached hydrogens (tertiary/aromatic N) is 2. The van der Waals surface area contributed by atoms with Crippen molar-refractivity contribution >= 4 is 29.5 Å². The van der Waals surface area contributed by atoms with Gasteiger partial charge in [0.25, 0.3) is 0 Å². The summed E-state index contributed by atoms with van der Waals surface area (Å²) in [5, 5.41) is 21.9. The number of hydrogen-bond acceptors (Lipinski definition) is 4. The molecule has 0 radical (unpaired) electrons. The van der Waals surface area contributed by atoms with Crippen LogP contribution in [0, 0.1) is 0 Å². The van der Waals surface area contributed by atoms with Gasteiger partial charge in [0.1, 0.15) is 11.5 Å². The number of phenolic OH excluding ortho intramolecular Hbond substituents is 2. The van der Waals surface area contributed by atoms with E-state index in [4.69, 9.17) is 17.0 Å². The van der Waals surface area contributed by atoms with E-state index in [1.54, 1.807) is 12.4 Å². The van der Waals surface area contributed by atoms with Crippen LogP contribution in [0.3, 0.4) is 0 Å². The molecular formula is C32H51Cl2N2O3Zr+. The number of aliphatic imine (C=N–C) groups is 2. The summed E-state index contributed by atoms with van der Waals surface area (Å²) in [7, 11) is 9.87. The molecule has 2 aromatic rings. The molecule has 0 saturated heterocycles. The van der Waals surface area contributed by atoms with Gasteiger partial charge >= 0.3 is 37.9 Å². The van der Waals surface area contributed by atoms with E-state index in [-0.39, 0.29) is 27.1 Å². The SMILES string of the molecule is CC(C)(C)c1cc(C=NCCN=Cc2cc(C(C)(C)C)cc(C(C)(C)C)c2O)c(O)c(C(C)(C)C)c1.[Cl][Zr][Cl].[OH3+]. The average Bonchev–Trinajstić information content (AvgIpc) is 2.75. The van der Waals surface area contributed by atoms with Crippen molar-refractivity contribution in [1.82, 2.24) is 0 Å². The van der Waals surface area contributed by atoms with Crippen molar-refractivity contribution in [3.63, 3.8) is 0 Å². The minimum atomic E-state index is -0.826. The minimum absolute atomic E-state index is 0. The van der Waals surface area contributed by atoms with Crippen LogP contribution in [0.4, 0.5) is 0 Å². The Labute approximate surface area is 261 Å². The Bertz CT molecular complexity index is 1080. The Kier molecular flexibility index (Phi) is 14.9. The van der Waals surface area contributed by atoms with Crippen LogP contribution in [-0.2, 0) is 48.0 Å². The Morgan fingerprint density at radius 2 is 0.875 bits per heavy atom. The van der Waals surface area contributed by atoms with E-state index in [2.05, 4.69) is 105 Å². The van der Waals surface area contributed by atoms with Gasteiger partial charge in [0.05, 0.1) is 13.1 Å². The molecule has 0 aromatic heterocycles. The van der Waals surface area contributed by atoms with Crippen LogP contribution >= 0.6 is 17.0 Å². The first-order valence-corrected chi connectivity index (χ1v) is 19.7. The number of phenols is 2. The second kappa shape index (κ2) is 15.3. The molecule has 0 bridgehead atoms. The van der Waals surface area contributed by atoms with Gasteiger partial charge in [-0.3, -0.25) is 9.98 Å². The third-order valence-corrected chi connectivity index (χ3v) is 6.45. The van der Waals surface area contributed by atoms with Crippen molar-refractivity contribution in [3.8, 4) is 11.5 Å². The summed E-state index contributed by atoms with van der Waals surface area (Å²) in [5.41, 5.74) is 5.27. The van der Waals surface area contributed by atoms with Gasteiger partial charge in [-0.2, -0.15) is 0 Å². The average molecular weight is 674 g/mol. The third kappa shape index (κ3) is 11.6. The van der Waals surface area contributed by atoms with Crippen molar-refractivity contribution in [2.45, 2.75) is 105 Å². The van der Waals surface area contributed by atoms with Gasteiger partial charge in [0.15, 0.2) is 0 Å². The van der Waals surface area contributed by atoms with E-state index in [9.17, 15) is 10.2 Å². The molecule has 5 N–H and O–H groups in total. The molecule has 0 unspecified atom stereocenters. The van der Waals surface area contributed by atoms with Crippen molar-refractivity contribution in [2.75, 3.05) is 13.1 Å². The van der Waals surface area contributed by atoms with Crippen LogP contribution in [0.2, 0.25) is 0 Å². The summed E-state index contributed by atoms with van der Waals surface area (Å²) in [6.45, 7) is 26.7. The second-order valence-corrected chi connectivity index (χ2v) is 17.8. The number of benzene rings is 2. The Morgan fingerprint density at radius 3 is 1.10 bits per heavy atom. The van der Waals surface area contributed by atoms with Gasteiger partial charge in [-0.1, -0.05) is 95.2 Å². The molecule has 224 valence electrons. The summed E-state index contributed by atoms with van der Waals surface area (Å²) in [6.07, 6.45) is 3.51. The Balaban J connectivity index is 0.00000363. The number of hydrogen-bond donors (Lipinski definition) is 2. The maximum atomic E-state index is 10.9. The van der Waals surface area contributed by atoms with Crippen molar-refractivity contribution < 1.29 is 36.5 Å². The topological polar surface area (TPSA) is 98.2 Å². The van der Waals surface area contributed by atoms with Crippen LogP contribution in [0.15, 0.2) is 34.3 Å². The van der Waals surface area contributed by atoms with E-state index < -0.39 is 20.8 Å². The van der Waals surface area contributed by atoms with Gasteiger partial charge in [-0.05, 0) is 44.9 Å². The van der Waals surface area contributed by atoms with E-state index in [1.165, 1.54) is 11.1 Å². The zero-order valence-electron chi connectivity index (χ0n) is 26.5.